The van der Waals surface area contributed by atoms with Crippen molar-refractivity contribution in [3.8, 4) is 79.5 Å². The van der Waals surface area contributed by atoms with Gasteiger partial charge in [-0.2, -0.15) is 0 Å². The summed E-state index contributed by atoms with van der Waals surface area (Å²) in [7, 11) is 0. The van der Waals surface area contributed by atoms with E-state index in [0.29, 0.717) is 34.9 Å². The van der Waals surface area contributed by atoms with Crippen molar-refractivity contribution in [3.63, 3.8) is 0 Å². The molecule has 0 aliphatic carbocycles. The zero-order valence-corrected chi connectivity index (χ0v) is 29.4. The first-order valence-corrected chi connectivity index (χ1v) is 18.0. The van der Waals surface area contributed by atoms with Gasteiger partial charge in [0.1, 0.15) is 11.2 Å². The predicted octanol–water partition coefficient (Wildman–Crippen LogP) is 11.6. The lowest BCUT2D eigenvalue weighted by molar-refractivity contribution is 0.669. The molecule has 0 fully saturated rings. The predicted molar refractivity (Wildman–Crippen MR) is 219 cm³/mol. The van der Waals surface area contributed by atoms with Crippen LogP contribution in [0, 0.1) is 0 Å². The molecule has 3 aromatic heterocycles. The van der Waals surface area contributed by atoms with Crippen molar-refractivity contribution >= 4 is 21.9 Å². The lowest BCUT2D eigenvalue weighted by atomic mass is 9.97. The van der Waals surface area contributed by atoms with Gasteiger partial charge >= 0.3 is 0 Å². The Morgan fingerprint density at radius 3 is 1.09 bits per heavy atom. The minimum absolute atomic E-state index is 0.547. The number of aromatic nitrogens is 6. The summed E-state index contributed by atoms with van der Waals surface area (Å²) >= 11 is 0. The summed E-state index contributed by atoms with van der Waals surface area (Å²) < 4.78 is 6.67. The molecule has 0 amide bonds. The minimum Gasteiger partial charge on any atom is -0.455 e. The van der Waals surface area contributed by atoms with Gasteiger partial charge in [0.15, 0.2) is 34.9 Å². The third-order valence-electron chi connectivity index (χ3n) is 9.62. The second-order valence-electron chi connectivity index (χ2n) is 13.1. The number of hydrogen-bond acceptors (Lipinski definition) is 7. The van der Waals surface area contributed by atoms with Gasteiger partial charge in [0.05, 0.1) is 5.56 Å². The fraction of sp³-hybridized carbons (Fsp3) is 0. The number of nitrogens with zero attached hydrogens (tertiary/aromatic N) is 6. The first-order chi connectivity index (χ1) is 27.2. The highest BCUT2D eigenvalue weighted by atomic mass is 16.3. The topological polar surface area (TPSA) is 90.5 Å². The molecule has 0 N–H and O–H groups in total. The molecule has 10 aromatic rings. The standard InChI is InChI=1S/C48H30N6O/c1-5-15-32(16-6-1)43-49-44(33-17-7-2-8-18-33)51-47(50-43)36-29-27-31(28-30-36)37-23-14-26-40-41(37)38-24-13-25-39(42(38)55-40)48-53-45(34-19-9-3-10-20-34)52-46(54-48)35-21-11-4-12-22-35/h1-30H. The van der Waals surface area contributed by atoms with Crippen molar-refractivity contribution in [2.75, 3.05) is 0 Å². The van der Waals surface area contributed by atoms with Crippen LogP contribution in [0.5, 0.6) is 0 Å². The Labute approximate surface area is 316 Å². The molecule has 7 heteroatoms. The van der Waals surface area contributed by atoms with Crippen LogP contribution >= 0.6 is 0 Å². The maximum Gasteiger partial charge on any atom is 0.167 e. The summed E-state index contributed by atoms with van der Waals surface area (Å²) in [6.07, 6.45) is 0. The number of fused-ring (bicyclic) bond motifs is 3. The normalized spacial score (nSPS) is 11.3. The molecule has 0 aliphatic heterocycles. The van der Waals surface area contributed by atoms with Crippen LogP contribution in [0.25, 0.3) is 101 Å². The van der Waals surface area contributed by atoms with E-state index < -0.39 is 0 Å². The Hall–Kier alpha value is -7.64. The van der Waals surface area contributed by atoms with E-state index in [9.17, 15) is 0 Å². The Morgan fingerprint density at radius 1 is 0.273 bits per heavy atom. The van der Waals surface area contributed by atoms with E-state index in [1.54, 1.807) is 0 Å². The number of benzene rings is 7. The average molecular weight is 707 g/mol. The molecule has 7 aromatic carbocycles. The fourth-order valence-corrected chi connectivity index (χ4v) is 6.93. The van der Waals surface area contributed by atoms with Crippen molar-refractivity contribution in [1.29, 1.82) is 0 Å². The molecule has 0 spiro atoms. The first kappa shape index (κ1) is 32.0. The molecule has 7 nitrogen and oxygen atoms in total. The van der Waals surface area contributed by atoms with Crippen LogP contribution in [0.15, 0.2) is 186 Å². The molecule has 55 heavy (non-hydrogen) atoms. The first-order valence-electron chi connectivity index (χ1n) is 18.0. The minimum atomic E-state index is 0.547. The van der Waals surface area contributed by atoms with Gasteiger partial charge in [-0.1, -0.05) is 170 Å². The second-order valence-corrected chi connectivity index (χ2v) is 13.1. The van der Waals surface area contributed by atoms with Gasteiger partial charge in [-0.3, -0.25) is 0 Å². The average Bonchev–Trinajstić information content (AvgIpc) is 3.67. The number of para-hydroxylation sites is 1. The van der Waals surface area contributed by atoms with Crippen LogP contribution < -0.4 is 0 Å². The van der Waals surface area contributed by atoms with E-state index in [-0.39, 0.29) is 0 Å². The summed E-state index contributed by atoms with van der Waals surface area (Å²) in [5.74, 6) is 3.61. The van der Waals surface area contributed by atoms with Crippen LogP contribution in [-0.4, -0.2) is 29.9 Å². The molecule has 0 atom stereocenters. The number of hydrogen-bond donors (Lipinski definition) is 0. The van der Waals surface area contributed by atoms with E-state index in [2.05, 4.69) is 36.4 Å². The number of furan rings is 1. The Kier molecular flexibility index (Phi) is 8.00. The van der Waals surface area contributed by atoms with E-state index >= 15 is 0 Å². The molecular weight excluding hydrogens is 677 g/mol. The number of rotatable bonds is 7. The lowest BCUT2D eigenvalue weighted by Gasteiger charge is -2.09. The molecule has 0 aliphatic rings. The Balaban J connectivity index is 1.08. The van der Waals surface area contributed by atoms with Crippen LogP contribution in [0.4, 0.5) is 0 Å². The molecule has 0 bridgehead atoms. The summed E-state index contributed by atoms with van der Waals surface area (Å²) in [4.78, 5) is 29.5. The highest BCUT2D eigenvalue weighted by Gasteiger charge is 2.20. The van der Waals surface area contributed by atoms with E-state index in [1.807, 2.05) is 146 Å². The van der Waals surface area contributed by atoms with Crippen LogP contribution in [0.1, 0.15) is 0 Å². The van der Waals surface area contributed by atoms with Gasteiger partial charge in [0, 0.05) is 38.6 Å². The van der Waals surface area contributed by atoms with Gasteiger partial charge in [-0.25, -0.2) is 29.9 Å². The maximum atomic E-state index is 6.67. The van der Waals surface area contributed by atoms with Crippen molar-refractivity contribution < 1.29 is 4.42 Å². The van der Waals surface area contributed by atoms with E-state index in [4.69, 9.17) is 34.3 Å². The molecule has 10 rings (SSSR count). The summed E-state index contributed by atoms with van der Waals surface area (Å²) in [6, 6.07) is 60.7. The fourth-order valence-electron chi connectivity index (χ4n) is 6.93. The van der Waals surface area contributed by atoms with Crippen LogP contribution in [-0.2, 0) is 0 Å². The van der Waals surface area contributed by atoms with Crippen molar-refractivity contribution in [2.45, 2.75) is 0 Å². The zero-order chi connectivity index (χ0) is 36.6. The third kappa shape index (κ3) is 6.09. The van der Waals surface area contributed by atoms with Gasteiger partial charge in [-0.15, -0.1) is 0 Å². The molecule has 0 unspecified atom stereocenters. The summed E-state index contributed by atoms with van der Waals surface area (Å²) in [5.41, 5.74) is 8.98. The van der Waals surface area contributed by atoms with Crippen molar-refractivity contribution in [3.05, 3.63) is 182 Å². The van der Waals surface area contributed by atoms with E-state index in [0.717, 1.165) is 66.4 Å². The molecule has 258 valence electrons. The Bertz CT molecular complexity index is 2840. The molecule has 3 heterocycles. The van der Waals surface area contributed by atoms with Crippen LogP contribution in [0.3, 0.4) is 0 Å². The monoisotopic (exact) mass is 706 g/mol. The highest BCUT2D eigenvalue weighted by Crippen LogP contribution is 2.40. The van der Waals surface area contributed by atoms with Crippen LogP contribution in [0.2, 0.25) is 0 Å². The Morgan fingerprint density at radius 2 is 0.636 bits per heavy atom. The smallest absolute Gasteiger partial charge is 0.167 e. The van der Waals surface area contributed by atoms with Gasteiger partial charge in [0.2, 0.25) is 0 Å². The van der Waals surface area contributed by atoms with Crippen molar-refractivity contribution in [1.82, 2.24) is 29.9 Å². The largest absolute Gasteiger partial charge is 0.455 e. The second kappa shape index (κ2) is 13.7. The third-order valence-corrected chi connectivity index (χ3v) is 9.62. The molecular formula is C48H30N6O. The van der Waals surface area contributed by atoms with Gasteiger partial charge < -0.3 is 4.42 Å². The lowest BCUT2D eigenvalue weighted by Crippen LogP contribution is -2.00. The summed E-state index contributed by atoms with van der Waals surface area (Å²) in [5, 5.41) is 2.00. The van der Waals surface area contributed by atoms with Gasteiger partial charge in [0.25, 0.3) is 0 Å². The van der Waals surface area contributed by atoms with Crippen molar-refractivity contribution in [2.24, 2.45) is 0 Å². The van der Waals surface area contributed by atoms with E-state index in [1.165, 1.54) is 0 Å². The highest BCUT2D eigenvalue weighted by molar-refractivity contribution is 6.15. The maximum absolute atomic E-state index is 6.67. The zero-order valence-electron chi connectivity index (χ0n) is 29.4. The van der Waals surface area contributed by atoms with Gasteiger partial charge in [-0.05, 0) is 23.3 Å². The quantitative estimate of drug-likeness (QED) is 0.163. The molecule has 0 saturated heterocycles. The molecule has 0 radical (unpaired) electrons. The summed E-state index contributed by atoms with van der Waals surface area (Å²) in [6.45, 7) is 0. The SMILES string of the molecule is c1ccc(-c2nc(-c3ccccc3)nc(-c3ccc(-c4cccc5oc6c(-c7nc(-c8ccccc8)nc(-c8ccccc8)n7)cccc6c45)cc3)n2)cc1. The molecule has 0 saturated carbocycles.